The Morgan fingerprint density at radius 2 is 1.69 bits per heavy atom. The maximum atomic E-state index is 12.8. The lowest BCUT2D eigenvalue weighted by atomic mass is 9.73. The Kier molecular flexibility index (Phi) is 6.82. The fourth-order valence-electron chi connectivity index (χ4n) is 5.64. The second-order valence-electron chi connectivity index (χ2n) is 9.42. The quantitative estimate of drug-likeness (QED) is 0.585. The first kappa shape index (κ1) is 24.1. The molecular formula is C27H30N2O7. The van der Waals surface area contributed by atoms with Crippen molar-refractivity contribution in [2.75, 3.05) is 33.5 Å². The van der Waals surface area contributed by atoms with E-state index in [0.29, 0.717) is 56.0 Å². The smallest absolute Gasteiger partial charge is 0.309 e. The molecule has 3 heterocycles. The molecule has 2 aromatic carbocycles. The monoisotopic (exact) mass is 494 g/mol. The van der Waals surface area contributed by atoms with Crippen LogP contribution >= 0.6 is 0 Å². The Labute approximate surface area is 209 Å². The molecule has 1 N–H and O–H groups in total. The van der Waals surface area contributed by atoms with E-state index in [1.54, 1.807) is 7.11 Å². The van der Waals surface area contributed by atoms with E-state index in [1.807, 2.05) is 42.5 Å². The van der Waals surface area contributed by atoms with Crippen LogP contribution < -0.4 is 14.2 Å². The number of carboxylic acids is 1. The number of rotatable bonds is 7. The molecule has 5 rings (SSSR count). The summed E-state index contributed by atoms with van der Waals surface area (Å²) in [5, 5.41) is 10.5. The topological polar surface area (TPSA) is 106 Å². The highest BCUT2D eigenvalue weighted by Crippen LogP contribution is 2.46. The van der Waals surface area contributed by atoms with Crippen LogP contribution in [-0.4, -0.2) is 66.2 Å². The van der Waals surface area contributed by atoms with Crippen LogP contribution in [0.2, 0.25) is 0 Å². The first-order chi connectivity index (χ1) is 17.5. The van der Waals surface area contributed by atoms with Crippen molar-refractivity contribution in [1.29, 1.82) is 0 Å². The molecule has 190 valence electrons. The molecule has 3 atom stereocenters. The largest absolute Gasteiger partial charge is 0.497 e. The molecule has 9 heteroatoms. The van der Waals surface area contributed by atoms with E-state index in [0.717, 1.165) is 11.1 Å². The lowest BCUT2D eigenvalue weighted by molar-refractivity contribution is -0.151. The van der Waals surface area contributed by atoms with Gasteiger partial charge in [-0.1, -0.05) is 18.2 Å². The second-order valence-corrected chi connectivity index (χ2v) is 9.42. The molecule has 0 aromatic heterocycles. The molecule has 3 unspecified atom stereocenters. The number of fused-ring (bicyclic) bond motifs is 1. The Bertz CT molecular complexity index is 1130. The number of carbonyl (C=O) groups excluding carboxylic acids is 2. The molecule has 9 nitrogen and oxygen atoms in total. The van der Waals surface area contributed by atoms with Gasteiger partial charge in [-0.3, -0.25) is 24.2 Å². The standard InChI is InChI=1S/C27H30N2O7/c1-34-19-8-5-17(6-9-19)26-25(27(32)33)20(18-7-10-21-22(15-18)36-16-35-21)11-12-28(26)13-14-29-23(30)3-2-4-24(29)31/h5-10,15,20,25-26H,2-4,11-14,16H2,1H3,(H,32,33). The highest BCUT2D eigenvalue weighted by molar-refractivity contribution is 5.97. The minimum Gasteiger partial charge on any atom is -0.497 e. The zero-order chi connectivity index (χ0) is 25.2. The Hall–Kier alpha value is -3.59. The van der Waals surface area contributed by atoms with Crippen LogP contribution in [0.5, 0.6) is 17.2 Å². The Balaban J connectivity index is 1.46. The van der Waals surface area contributed by atoms with E-state index in [4.69, 9.17) is 14.2 Å². The van der Waals surface area contributed by atoms with Gasteiger partial charge in [0.1, 0.15) is 5.75 Å². The van der Waals surface area contributed by atoms with Crippen molar-refractivity contribution in [2.45, 2.75) is 37.6 Å². The molecule has 3 aliphatic rings. The number of hydrogen-bond donors (Lipinski definition) is 1. The molecule has 2 saturated heterocycles. The first-order valence-corrected chi connectivity index (χ1v) is 12.3. The number of methoxy groups -OCH3 is 1. The first-order valence-electron chi connectivity index (χ1n) is 12.3. The van der Waals surface area contributed by atoms with Gasteiger partial charge in [0.2, 0.25) is 18.6 Å². The summed E-state index contributed by atoms with van der Waals surface area (Å²) in [6.07, 6.45) is 1.95. The molecule has 2 aromatic rings. The van der Waals surface area contributed by atoms with Crippen LogP contribution in [0.3, 0.4) is 0 Å². The van der Waals surface area contributed by atoms with Gasteiger partial charge in [0.05, 0.1) is 13.0 Å². The SMILES string of the molecule is COc1ccc(C2C(C(=O)O)C(c3ccc4c(c3)OCO4)CCN2CCN2C(=O)CCCC2=O)cc1. The molecule has 2 amide bonds. The van der Waals surface area contributed by atoms with E-state index in [-0.39, 0.29) is 31.1 Å². The number of aliphatic carboxylic acids is 1. The molecule has 3 aliphatic heterocycles. The van der Waals surface area contributed by atoms with Crippen molar-refractivity contribution in [3.8, 4) is 17.2 Å². The summed E-state index contributed by atoms with van der Waals surface area (Å²) in [5.41, 5.74) is 1.75. The number of likely N-dealkylation sites (tertiary alicyclic amines) is 2. The van der Waals surface area contributed by atoms with E-state index in [1.165, 1.54) is 4.90 Å². The predicted octanol–water partition coefficient (Wildman–Crippen LogP) is 3.19. The molecule has 0 radical (unpaired) electrons. The van der Waals surface area contributed by atoms with Gasteiger partial charge >= 0.3 is 5.97 Å². The fraction of sp³-hybridized carbons (Fsp3) is 0.444. The predicted molar refractivity (Wildman–Crippen MR) is 129 cm³/mol. The average Bonchev–Trinajstić information content (AvgIpc) is 3.36. The second kappa shape index (κ2) is 10.2. The summed E-state index contributed by atoms with van der Waals surface area (Å²) in [5.74, 6) is -0.237. The molecule has 2 fully saturated rings. The van der Waals surface area contributed by atoms with Gasteiger partial charge < -0.3 is 19.3 Å². The maximum Gasteiger partial charge on any atom is 0.309 e. The molecule has 36 heavy (non-hydrogen) atoms. The average molecular weight is 495 g/mol. The maximum absolute atomic E-state index is 12.8. The van der Waals surface area contributed by atoms with Crippen LogP contribution in [0, 0.1) is 5.92 Å². The summed E-state index contributed by atoms with van der Waals surface area (Å²) in [4.78, 5) is 40.9. The molecule has 0 bridgehead atoms. The minimum absolute atomic E-state index is 0.155. The summed E-state index contributed by atoms with van der Waals surface area (Å²) >= 11 is 0. The van der Waals surface area contributed by atoms with Gasteiger partial charge in [-0.25, -0.2) is 0 Å². The number of hydrogen-bond acceptors (Lipinski definition) is 7. The van der Waals surface area contributed by atoms with E-state index >= 15 is 0 Å². The summed E-state index contributed by atoms with van der Waals surface area (Å²) in [6.45, 7) is 1.44. The fourth-order valence-corrected chi connectivity index (χ4v) is 5.64. The number of piperidine rings is 2. The number of ether oxygens (including phenoxy) is 3. The van der Waals surface area contributed by atoms with Gasteiger partial charge in [-0.2, -0.15) is 0 Å². The third-order valence-corrected chi connectivity index (χ3v) is 7.46. The summed E-state index contributed by atoms with van der Waals surface area (Å²) in [6, 6.07) is 12.6. The van der Waals surface area contributed by atoms with Crippen molar-refractivity contribution in [1.82, 2.24) is 9.80 Å². The number of carboxylic acid groups (broad SMARTS) is 1. The van der Waals surface area contributed by atoms with Gasteiger partial charge in [0, 0.05) is 37.9 Å². The van der Waals surface area contributed by atoms with Crippen LogP contribution in [0.1, 0.15) is 48.8 Å². The zero-order valence-corrected chi connectivity index (χ0v) is 20.2. The summed E-state index contributed by atoms with van der Waals surface area (Å²) in [7, 11) is 1.59. The van der Waals surface area contributed by atoms with E-state index in [2.05, 4.69) is 4.90 Å². The van der Waals surface area contributed by atoms with Gasteiger partial charge in [-0.05, 0) is 54.8 Å². The molecule has 0 spiro atoms. The number of nitrogens with zero attached hydrogens (tertiary/aromatic N) is 2. The third-order valence-electron chi connectivity index (χ3n) is 7.46. The number of amides is 2. The van der Waals surface area contributed by atoms with Crippen LogP contribution in [-0.2, 0) is 14.4 Å². The molecule has 0 aliphatic carbocycles. The number of carbonyl (C=O) groups is 3. The highest BCUT2D eigenvalue weighted by atomic mass is 16.7. The van der Waals surface area contributed by atoms with Crippen molar-refractivity contribution in [3.63, 3.8) is 0 Å². The van der Waals surface area contributed by atoms with E-state index in [9.17, 15) is 19.5 Å². The normalized spacial score (nSPS) is 24.1. The third kappa shape index (κ3) is 4.63. The minimum atomic E-state index is -0.895. The Morgan fingerprint density at radius 3 is 2.39 bits per heavy atom. The van der Waals surface area contributed by atoms with Gasteiger partial charge in [-0.15, -0.1) is 0 Å². The van der Waals surface area contributed by atoms with Gasteiger partial charge in [0.15, 0.2) is 11.5 Å². The van der Waals surface area contributed by atoms with Crippen LogP contribution in [0.4, 0.5) is 0 Å². The van der Waals surface area contributed by atoms with Crippen molar-refractivity contribution in [2.24, 2.45) is 5.92 Å². The van der Waals surface area contributed by atoms with Crippen molar-refractivity contribution >= 4 is 17.8 Å². The Morgan fingerprint density at radius 1 is 1.00 bits per heavy atom. The summed E-state index contributed by atoms with van der Waals surface area (Å²) < 4.78 is 16.3. The van der Waals surface area contributed by atoms with E-state index < -0.39 is 17.9 Å². The highest BCUT2D eigenvalue weighted by Gasteiger charge is 2.44. The van der Waals surface area contributed by atoms with Crippen LogP contribution in [0.25, 0.3) is 0 Å². The zero-order valence-electron chi connectivity index (χ0n) is 20.2. The van der Waals surface area contributed by atoms with Crippen molar-refractivity contribution in [3.05, 3.63) is 53.6 Å². The van der Waals surface area contributed by atoms with Crippen molar-refractivity contribution < 1.29 is 33.7 Å². The lowest BCUT2D eigenvalue weighted by Gasteiger charge is -2.45. The molecule has 0 saturated carbocycles. The molecular weight excluding hydrogens is 464 g/mol. The number of benzene rings is 2. The van der Waals surface area contributed by atoms with Gasteiger partial charge in [0.25, 0.3) is 0 Å². The van der Waals surface area contributed by atoms with Crippen LogP contribution in [0.15, 0.2) is 42.5 Å². The lowest BCUT2D eigenvalue weighted by Crippen LogP contribution is -2.50. The number of imide groups is 1.